The van der Waals surface area contributed by atoms with Crippen LogP contribution in [0.1, 0.15) is 15.9 Å². The molecule has 0 saturated heterocycles. The normalized spacial score (nSPS) is 9.74. The maximum absolute atomic E-state index is 12.1. The topological polar surface area (TPSA) is 58.2 Å². The minimum absolute atomic E-state index is 0.0351. The van der Waals surface area contributed by atoms with Crippen molar-refractivity contribution in [2.24, 2.45) is 0 Å². The van der Waals surface area contributed by atoms with Crippen molar-refractivity contribution in [2.75, 3.05) is 12.4 Å². The van der Waals surface area contributed by atoms with Gasteiger partial charge in [0.1, 0.15) is 0 Å². The Balaban J connectivity index is 2.15. The summed E-state index contributed by atoms with van der Waals surface area (Å²) in [4.78, 5) is 23.3. The average molecular weight is 254 g/mol. The van der Waals surface area contributed by atoms with Gasteiger partial charge in [0.05, 0.1) is 0 Å². The molecule has 0 spiro atoms. The molecule has 19 heavy (non-hydrogen) atoms. The van der Waals surface area contributed by atoms with E-state index in [1.807, 2.05) is 18.2 Å². The fraction of sp³-hybridized carbons (Fsp3) is 0.0667. The highest BCUT2D eigenvalue weighted by molar-refractivity contribution is 6.09. The molecule has 0 aliphatic rings. The molecule has 0 radical (unpaired) electrons. The first-order valence-corrected chi connectivity index (χ1v) is 5.89. The van der Waals surface area contributed by atoms with E-state index in [0.717, 1.165) is 0 Å². The Hall–Kier alpha value is -2.62. The lowest BCUT2D eigenvalue weighted by molar-refractivity contribution is 0.103. The SMILES string of the molecule is CNC(=O)Nc1ccc(C(=O)c2ccccc2)cc1. The first kappa shape index (κ1) is 12.8. The molecule has 4 nitrogen and oxygen atoms in total. The molecule has 96 valence electrons. The molecule has 2 aromatic rings. The van der Waals surface area contributed by atoms with Crippen LogP contribution in [0.2, 0.25) is 0 Å². The Morgan fingerprint density at radius 3 is 2.00 bits per heavy atom. The number of anilines is 1. The highest BCUT2D eigenvalue weighted by Crippen LogP contribution is 2.13. The molecule has 0 atom stereocenters. The van der Waals surface area contributed by atoms with Gasteiger partial charge in [-0.05, 0) is 24.3 Å². The van der Waals surface area contributed by atoms with Gasteiger partial charge in [-0.25, -0.2) is 4.79 Å². The summed E-state index contributed by atoms with van der Waals surface area (Å²) in [5.74, 6) is -0.0351. The number of carbonyl (C=O) groups is 2. The fourth-order valence-corrected chi connectivity index (χ4v) is 1.65. The van der Waals surface area contributed by atoms with E-state index in [-0.39, 0.29) is 11.8 Å². The molecular formula is C15H14N2O2. The van der Waals surface area contributed by atoms with Gasteiger partial charge in [0.15, 0.2) is 5.78 Å². The number of amides is 2. The van der Waals surface area contributed by atoms with Gasteiger partial charge in [0.2, 0.25) is 0 Å². The van der Waals surface area contributed by atoms with E-state index in [9.17, 15) is 9.59 Å². The van der Waals surface area contributed by atoms with Crippen molar-refractivity contribution in [3.63, 3.8) is 0 Å². The summed E-state index contributed by atoms with van der Waals surface area (Å²) in [6.45, 7) is 0. The maximum atomic E-state index is 12.1. The predicted molar refractivity (Wildman–Crippen MR) is 74.4 cm³/mol. The van der Waals surface area contributed by atoms with Crippen molar-refractivity contribution in [1.82, 2.24) is 5.32 Å². The number of hydrogen-bond donors (Lipinski definition) is 2. The number of benzene rings is 2. The summed E-state index contributed by atoms with van der Waals surface area (Å²) in [6.07, 6.45) is 0. The Morgan fingerprint density at radius 2 is 1.42 bits per heavy atom. The van der Waals surface area contributed by atoms with E-state index < -0.39 is 0 Å². The number of rotatable bonds is 3. The van der Waals surface area contributed by atoms with Gasteiger partial charge < -0.3 is 10.6 Å². The van der Waals surface area contributed by atoms with Crippen LogP contribution < -0.4 is 10.6 Å². The molecule has 4 heteroatoms. The van der Waals surface area contributed by atoms with Crippen LogP contribution in [0.15, 0.2) is 54.6 Å². The van der Waals surface area contributed by atoms with Gasteiger partial charge in [0.25, 0.3) is 0 Å². The van der Waals surface area contributed by atoms with Crippen LogP contribution in [0.25, 0.3) is 0 Å². The van der Waals surface area contributed by atoms with Crippen LogP contribution in [0.5, 0.6) is 0 Å². The van der Waals surface area contributed by atoms with Crippen LogP contribution in [0.3, 0.4) is 0 Å². The largest absolute Gasteiger partial charge is 0.341 e. The minimum Gasteiger partial charge on any atom is -0.341 e. The summed E-state index contributed by atoms with van der Waals surface area (Å²) in [5.41, 5.74) is 1.88. The van der Waals surface area contributed by atoms with Crippen LogP contribution in [0.4, 0.5) is 10.5 Å². The fourth-order valence-electron chi connectivity index (χ4n) is 1.65. The van der Waals surface area contributed by atoms with Gasteiger partial charge in [-0.1, -0.05) is 30.3 Å². The van der Waals surface area contributed by atoms with Crippen molar-refractivity contribution in [3.8, 4) is 0 Å². The van der Waals surface area contributed by atoms with E-state index in [2.05, 4.69) is 10.6 Å². The first-order valence-electron chi connectivity index (χ1n) is 5.89. The van der Waals surface area contributed by atoms with E-state index in [1.165, 1.54) is 0 Å². The van der Waals surface area contributed by atoms with Crippen molar-refractivity contribution < 1.29 is 9.59 Å². The second-order valence-corrected chi connectivity index (χ2v) is 3.98. The third kappa shape index (κ3) is 3.19. The third-order valence-electron chi connectivity index (χ3n) is 2.67. The highest BCUT2D eigenvalue weighted by atomic mass is 16.2. The Labute approximate surface area is 111 Å². The summed E-state index contributed by atoms with van der Waals surface area (Å²) in [5, 5.41) is 5.10. The molecule has 0 aliphatic heterocycles. The van der Waals surface area contributed by atoms with Gasteiger partial charge in [-0.3, -0.25) is 4.79 Å². The monoisotopic (exact) mass is 254 g/mol. The van der Waals surface area contributed by atoms with Crippen LogP contribution in [0, 0.1) is 0 Å². The quantitative estimate of drug-likeness (QED) is 0.827. The zero-order valence-electron chi connectivity index (χ0n) is 10.5. The number of ketones is 1. The van der Waals surface area contributed by atoms with E-state index in [0.29, 0.717) is 16.8 Å². The number of urea groups is 1. The molecule has 0 bridgehead atoms. The number of hydrogen-bond acceptors (Lipinski definition) is 2. The van der Waals surface area contributed by atoms with Crippen LogP contribution >= 0.6 is 0 Å². The molecule has 0 saturated carbocycles. The van der Waals surface area contributed by atoms with E-state index >= 15 is 0 Å². The standard InChI is InChI=1S/C15H14N2O2/c1-16-15(19)17-13-9-7-12(8-10-13)14(18)11-5-3-2-4-6-11/h2-10H,1H3,(H2,16,17,19). The summed E-state index contributed by atoms with van der Waals surface area (Å²) in [6, 6.07) is 15.6. The van der Waals surface area contributed by atoms with Crippen LogP contribution in [-0.4, -0.2) is 18.9 Å². The lowest BCUT2D eigenvalue weighted by atomic mass is 10.0. The Kier molecular flexibility index (Phi) is 3.93. The van der Waals surface area contributed by atoms with E-state index in [4.69, 9.17) is 0 Å². The smallest absolute Gasteiger partial charge is 0.318 e. The first-order chi connectivity index (χ1) is 9.20. The van der Waals surface area contributed by atoms with Crippen molar-refractivity contribution in [1.29, 1.82) is 0 Å². The third-order valence-corrected chi connectivity index (χ3v) is 2.67. The Bertz CT molecular complexity index is 577. The lowest BCUT2D eigenvalue weighted by Gasteiger charge is -2.05. The summed E-state index contributed by atoms with van der Waals surface area (Å²) < 4.78 is 0. The molecule has 2 aromatic carbocycles. The molecule has 0 aliphatic carbocycles. The van der Waals surface area contributed by atoms with E-state index in [1.54, 1.807) is 43.4 Å². The number of nitrogens with one attached hydrogen (secondary N) is 2. The van der Waals surface area contributed by atoms with Crippen molar-refractivity contribution in [2.45, 2.75) is 0 Å². The molecule has 0 unspecified atom stereocenters. The van der Waals surface area contributed by atoms with Gasteiger partial charge in [-0.2, -0.15) is 0 Å². The molecule has 2 amide bonds. The lowest BCUT2D eigenvalue weighted by Crippen LogP contribution is -2.24. The van der Waals surface area contributed by atoms with Crippen molar-refractivity contribution in [3.05, 3.63) is 65.7 Å². The Morgan fingerprint density at radius 1 is 0.842 bits per heavy atom. The maximum Gasteiger partial charge on any atom is 0.318 e. The van der Waals surface area contributed by atoms with Gasteiger partial charge >= 0.3 is 6.03 Å². The summed E-state index contributed by atoms with van der Waals surface area (Å²) in [7, 11) is 1.54. The number of carbonyl (C=O) groups excluding carboxylic acids is 2. The highest BCUT2D eigenvalue weighted by Gasteiger charge is 2.08. The molecule has 2 N–H and O–H groups in total. The molecule has 2 rings (SSSR count). The molecule has 0 aromatic heterocycles. The minimum atomic E-state index is -0.290. The van der Waals surface area contributed by atoms with Gasteiger partial charge in [0, 0.05) is 23.9 Å². The second kappa shape index (κ2) is 5.82. The average Bonchev–Trinajstić information content (AvgIpc) is 2.48. The summed E-state index contributed by atoms with van der Waals surface area (Å²) >= 11 is 0. The zero-order chi connectivity index (χ0) is 13.7. The van der Waals surface area contributed by atoms with Crippen molar-refractivity contribution >= 4 is 17.5 Å². The second-order valence-electron chi connectivity index (χ2n) is 3.98. The van der Waals surface area contributed by atoms with Crippen LogP contribution in [-0.2, 0) is 0 Å². The molecular weight excluding hydrogens is 240 g/mol. The zero-order valence-corrected chi connectivity index (χ0v) is 10.5. The van der Waals surface area contributed by atoms with Gasteiger partial charge in [-0.15, -0.1) is 0 Å². The molecule has 0 heterocycles. The predicted octanol–water partition coefficient (Wildman–Crippen LogP) is 2.67. The molecule has 0 fully saturated rings.